The molecule has 3 aliphatic rings. The first-order valence-electron chi connectivity index (χ1n) is 16.2. The Morgan fingerprint density at radius 2 is 1.49 bits per heavy atom. The number of anilines is 1. The summed E-state index contributed by atoms with van der Waals surface area (Å²) >= 11 is 0. The summed E-state index contributed by atoms with van der Waals surface area (Å²) in [5.41, 5.74) is 9.05. The number of piperidine rings is 3. The van der Waals surface area contributed by atoms with Crippen molar-refractivity contribution >= 4 is 16.9 Å². The van der Waals surface area contributed by atoms with Gasteiger partial charge in [-0.15, -0.1) is 0 Å². The minimum absolute atomic E-state index is 0.299. The summed E-state index contributed by atoms with van der Waals surface area (Å²) in [5.74, 6) is 3.72. The van der Waals surface area contributed by atoms with Crippen molar-refractivity contribution in [2.24, 2.45) is 11.8 Å². The van der Waals surface area contributed by atoms with Crippen molar-refractivity contribution in [1.82, 2.24) is 34.9 Å². The van der Waals surface area contributed by atoms with Crippen molar-refractivity contribution in [3.63, 3.8) is 0 Å². The number of aromatic nitrogens is 4. The van der Waals surface area contributed by atoms with Crippen molar-refractivity contribution < 1.29 is 4.74 Å². The van der Waals surface area contributed by atoms with Crippen LogP contribution >= 0.6 is 0 Å². The van der Waals surface area contributed by atoms with Gasteiger partial charge in [0.15, 0.2) is 5.65 Å². The van der Waals surface area contributed by atoms with E-state index in [2.05, 4.69) is 29.8 Å². The predicted molar refractivity (Wildman–Crippen MR) is 171 cm³/mol. The van der Waals surface area contributed by atoms with Gasteiger partial charge in [0, 0.05) is 31.7 Å². The summed E-state index contributed by atoms with van der Waals surface area (Å²) in [7, 11) is 0. The number of hydrogen-bond acceptors (Lipinski definition) is 8. The molecule has 1 atom stereocenters. The second-order valence-corrected chi connectivity index (χ2v) is 12.7. The number of benzene rings is 2. The molecule has 9 heteroatoms. The second-order valence-electron chi connectivity index (χ2n) is 12.7. The Labute approximate surface area is 254 Å². The van der Waals surface area contributed by atoms with Crippen molar-refractivity contribution in [2.45, 2.75) is 44.6 Å². The van der Waals surface area contributed by atoms with E-state index >= 15 is 0 Å². The molecule has 5 heterocycles. The second kappa shape index (κ2) is 13.0. The van der Waals surface area contributed by atoms with E-state index in [4.69, 9.17) is 15.6 Å². The van der Waals surface area contributed by atoms with Gasteiger partial charge in [-0.05, 0) is 113 Å². The van der Waals surface area contributed by atoms with Gasteiger partial charge >= 0.3 is 0 Å². The lowest BCUT2D eigenvalue weighted by molar-refractivity contribution is 0.107. The van der Waals surface area contributed by atoms with Gasteiger partial charge in [-0.2, -0.15) is 5.10 Å². The molecule has 2 aromatic heterocycles. The van der Waals surface area contributed by atoms with Crippen LogP contribution in [0.3, 0.4) is 0 Å². The zero-order valence-corrected chi connectivity index (χ0v) is 25.1. The third-order valence-corrected chi connectivity index (χ3v) is 9.67. The van der Waals surface area contributed by atoms with Gasteiger partial charge in [0.25, 0.3) is 0 Å². The molecule has 226 valence electrons. The maximum absolute atomic E-state index is 6.41. The van der Waals surface area contributed by atoms with Gasteiger partial charge in [-0.25, -0.2) is 14.6 Å². The molecular weight excluding hydrogens is 536 g/mol. The van der Waals surface area contributed by atoms with E-state index in [-0.39, 0.29) is 0 Å². The molecule has 43 heavy (non-hydrogen) atoms. The van der Waals surface area contributed by atoms with E-state index in [1.54, 1.807) is 6.33 Å². The molecule has 1 unspecified atom stereocenters. The highest BCUT2D eigenvalue weighted by atomic mass is 16.5. The van der Waals surface area contributed by atoms with Crippen LogP contribution in [0.4, 0.5) is 5.82 Å². The molecular formula is C34H44N8O. The molecule has 2 aromatic carbocycles. The zero-order chi connectivity index (χ0) is 29.0. The van der Waals surface area contributed by atoms with Crippen LogP contribution in [-0.2, 0) is 0 Å². The molecule has 0 radical (unpaired) electrons. The standard InChI is InChI=1S/C34H44N8O/c35-33-31-32(27-8-10-30(11-9-27)43-29-6-2-1-3-7-29)39-42(34(31)38-24-37-33)28-14-19-41(20-15-28)22-25-12-17-40(18-13-25)23-26-5-4-16-36-21-26/h1-3,6-11,24-26,28,36H,4-5,12-23H2,(H2,35,37,38). The summed E-state index contributed by atoms with van der Waals surface area (Å²) in [6.07, 6.45) is 9.09. The Balaban J connectivity index is 0.978. The molecule has 0 aliphatic carbocycles. The quantitative estimate of drug-likeness (QED) is 0.293. The number of likely N-dealkylation sites (tertiary alicyclic amines) is 2. The van der Waals surface area contributed by atoms with Gasteiger partial charge in [-0.1, -0.05) is 18.2 Å². The van der Waals surface area contributed by atoms with Crippen LogP contribution in [0.2, 0.25) is 0 Å². The molecule has 7 rings (SSSR count). The smallest absolute Gasteiger partial charge is 0.164 e. The minimum atomic E-state index is 0.299. The fourth-order valence-corrected chi connectivity index (χ4v) is 7.27. The largest absolute Gasteiger partial charge is 0.457 e. The number of hydrogen-bond donors (Lipinski definition) is 2. The predicted octanol–water partition coefficient (Wildman–Crippen LogP) is 5.22. The lowest BCUT2D eigenvalue weighted by Crippen LogP contribution is -2.44. The molecule has 0 bridgehead atoms. The molecule has 4 aromatic rings. The molecule has 0 amide bonds. The van der Waals surface area contributed by atoms with Gasteiger partial charge in [-0.3, -0.25) is 0 Å². The van der Waals surface area contributed by atoms with Crippen LogP contribution in [0.5, 0.6) is 11.5 Å². The van der Waals surface area contributed by atoms with Crippen molar-refractivity contribution in [3.8, 4) is 22.8 Å². The van der Waals surface area contributed by atoms with Crippen LogP contribution in [0.25, 0.3) is 22.3 Å². The third-order valence-electron chi connectivity index (χ3n) is 9.67. The number of nitrogens with one attached hydrogen (secondary N) is 1. The molecule has 3 fully saturated rings. The maximum atomic E-state index is 6.41. The van der Waals surface area contributed by atoms with Crippen LogP contribution in [0.1, 0.15) is 44.6 Å². The summed E-state index contributed by atoms with van der Waals surface area (Å²) in [6, 6.07) is 18.1. The van der Waals surface area contributed by atoms with Gasteiger partial charge < -0.3 is 25.6 Å². The first kappa shape index (κ1) is 28.3. The first-order chi connectivity index (χ1) is 21.2. The first-order valence-corrected chi connectivity index (χ1v) is 16.2. The van der Waals surface area contributed by atoms with Crippen molar-refractivity contribution in [2.75, 3.05) is 58.1 Å². The van der Waals surface area contributed by atoms with Gasteiger partial charge in [0.2, 0.25) is 0 Å². The average Bonchev–Trinajstić information content (AvgIpc) is 3.45. The van der Waals surface area contributed by atoms with Gasteiger partial charge in [0.05, 0.1) is 11.4 Å². The Morgan fingerprint density at radius 1 is 0.791 bits per heavy atom. The molecule has 0 spiro atoms. The highest BCUT2D eigenvalue weighted by Gasteiger charge is 2.29. The van der Waals surface area contributed by atoms with E-state index in [9.17, 15) is 0 Å². The lowest BCUT2D eigenvalue weighted by Gasteiger charge is -2.39. The molecule has 0 saturated carbocycles. The van der Waals surface area contributed by atoms with E-state index in [1.807, 2.05) is 54.6 Å². The number of fused-ring (bicyclic) bond motifs is 1. The minimum Gasteiger partial charge on any atom is -0.457 e. The van der Waals surface area contributed by atoms with Crippen LogP contribution in [0, 0.1) is 11.8 Å². The topological polar surface area (TPSA) is 97.4 Å². The van der Waals surface area contributed by atoms with Crippen LogP contribution in [-0.4, -0.2) is 81.9 Å². The molecule has 3 saturated heterocycles. The summed E-state index contributed by atoms with van der Waals surface area (Å²) in [5, 5.41) is 9.53. The summed E-state index contributed by atoms with van der Waals surface area (Å²) in [6.45, 7) is 9.64. The summed E-state index contributed by atoms with van der Waals surface area (Å²) < 4.78 is 8.12. The molecule has 3 aliphatic heterocycles. The lowest BCUT2D eigenvalue weighted by atomic mass is 9.93. The van der Waals surface area contributed by atoms with E-state index in [1.165, 1.54) is 65.0 Å². The monoisotopic (exact) mass is 580 g/mol. The number of ether oxygens (including phenoxy) is 1. The molecule has 9 nitrogen and oxygen atoms in total. The Morgan fingerprint density at radius 3 is 2.21 bits per heavy atom. The average molecular weight is 581 g/mol. The SMILES string of the molecule is Nc1ncnc2c1c(-c1ccc(Oc3ccccc3)cc1)nn2C1CCN(CC2CCN(CC3CCCNC3)CC2)CC1. The maximum Gasteiger partial charge on any atom is 0.164 e. The number of nitrogen functional groups attached to an aromatic ring is 1. The van der Waals surface area contributed by atoms with E-state index in [0.29, 0.717) is 11.9 Å². The Hall–Kier alpha value is -3.53. The van der Waals surface area contributed by atoms with Crippen molar-refractivity contribution in [1.29, 1.82) is 0 Å². The highest BCUT2D eigenvalue weighted by Crippen LogP contribution is 2.35. The Kier molecular flexibility index (Phi) is 8.54. The Bertz CT molecular complexity index is 1470. The van der Waals surface area contributed by atoms with E-state index < -0.39 is 0 Å². The summed E-state index contributed by atoms with van der Waals surface area (Å²) in [4.78, 5) is 14.4. The van der Waals surface area contributed by atoms with Crippen LogP contribution in [0.15, 0.2) is 60.9 Å². The number of para-hydroxylation sites is 1. The highest BCUT2D eigenvalue weighted by molar-refractivity contribution is 5.98. The molecule has 3 N–H and O–H groups in total. The normalized spacial score (nSPS) is 21.3. The third kappa shape index (κ3) is 6.54. The number of nitrogens with zero attached hydrogens (tertiary/aromatic N) is 6. The van der Waals surface area contributed by atoms with Crippen LogP contribution < -0.4 is 15.8 Å². The van der Waals surface area contributed by atoms with Crippen molar-refractivity contribution in [3.05, 3.63) is 60.9 Å². The number of nitrogens with two attached hydrogens (primary N) is 1. The van der Waals surface area contributed by atoms with Gasteiger partial charge in [0.1, 0.15) is 29.3 Å². The fourth-order valence-electron chi connectivity index (χ4n) is 7.27. The number of rotatable bonds is 8. The zero-order valence-electron chi connectivity index (χ0n) is 25.1. The fraction of sp³-hybridized carbons (Fsp3) is 0.500. The van der Waals surface area contributed by atoms with E-state index in [0.717, 1.165) is 71.6 Å².